The number of rotatable bonds is 5. The molecule has 0 saturated carbocycles. The van der Waals surface area contributed by atoms with E-state index in [1.165, 1.54) is 18.3 Å². The number of benzene rings is 2. The molecule has 4 rings (SSSR count). The van der Waals surface area contributed by atoms with Crippen molar-refractivity contribution in [2.45, 2.75) is 18.9 Å². The second-order valence-corrected chi connectivity index (χ2v) is 7.81. The van der Waals surface area contributed by atoms with Gasteiger partial charge in [-0.2, -0.15) is 0 Å². The summed E-state index contributed by atoms with van der Waals surface area (Å²) in [5.74, 6) is -0.789. The molecule has 1 fully saturated rings. The number of carbonyl (C=O) groups excluding carboxylic acids is 3. The van der Waals surface area contributed by atoms with Gasteiger partial charge in [0.2, 0.25) is 0 Å². The van der Waals surface area contributed by atoms with Crippen molar-refractivity contribution in [3.05, 3.63) is 89.2 Å². The third-order valence-corrected chi connectivity index (χ3v) is 5.31. The van der Waals surface area contributed by atoms with Crippen molar-refractivity contribution in [3.63, 3.8) is 0 Å². The van der Waals surface area contributed by atoms with Crippen LogP contribution in [0.2, 0.25) is 5.02 Å². The van der Waals surface area contributed by atoms with Crippen LogP contribution in [0.15, 0.2) is 72.9 Å². The van der Waals surface area contributed by atoms with Gasteiger partial charge in [-0.3, -0.25) is 14.6 Å². The molecule has 2 N–H and O–H groups in total. The van der Waals surface area contributed by atoms with E-state index in [-0.39, 0.29) is 16.4 Å². The molecule has 0 spiro atoms. The lowest BCUT2D eigenvalue weighted by atomic mass is 9.93. The molecule has 1 aliphatic heterocycles. The first-order valence-electron chi connectivity index (χ1n) is 9.60. The standard InChI is InChI=1S/C23H19ClN4O3/c1-23(14-15-7-3-2-4-8-15)21(30)28(22(31)27-23)19-11-10-16(13-17(19)24)26-20(29)18-9-5-6-12-25-18/h2-13H,14H2,1H3,(H,26,29)(H,27,31)/t23-/m1/s1. The second-order valence-electron chi connectivity index (χ2n) is 7.40. The molecular weight excluding hydrogens is 416 g/mol. The highest BCUT2D eigenvalue weighted by Crippen LogP contribution is 2.34. The second kappa shape index (κ2) is 8.20. The fraction of sp³-hybridized carbons (Fsp3) is 0.130. The average molecular weight is 435 g/mol. The Morgan fingerprint density at radius 1 is 1.10 bits per heavy atom. The SMILES string of the molecule is C[C@]1(Cc2ccccc2)NC(=O)N(c2ccc(NC(=O)c3ccccn3)cc2Cl)C1=O. The first-order valence-corrected chi connectivity index (χ1v) is 9.98. The minimum absolute atomic E-state index is 0.159. The average Bonchev–Trinajstić information content (AvgIpc) is 2.97. The Hall–Kier alpha value is -3.71. The molecule has 0 bridgehead atoms. The van der Waals surface area contributed by atoms with Gasteiger partial charge in [0, 0.05) is 18.3 Å². The van der Waals surface area contributed by atoms with Gasteiger partial charge < -0.3 is 10.6 Å². The third kappa shape index (κ3) is 4.13. The van der Waals surface area contributed by atoms with Gasteiger partial charge in [0.25, 0.3) is 11.8 Å². The molecule has 7 nitrogen and oxygen atoms in total. The summed E-state index contributed by atoms with van der Waals surface area (Å²) < 4.78 is 0. The lowest BCUT2D eigenvalue weighted by Gasteiger charge is -2.22. The Morgan fingerprint density at radius 3 is 2.52 bits per heavy atom. The van der Waals surface area contributed by atoms with Crippen molar-refractivity contribution in [1.82, 2.24) is 10.3 Å². The minimum Gasteiger partial charge on any atom is -0.323 e. The van der Waals surface area contributed by atoms with E-state index in [1.54, 1.807) is 31.2 Å². The van der Waals surface area contributed by atoms with E-state index in [0.717, 1.165) is 10.5 Å². The van der Waals surface area contributed by atoms with Gasteiger partial charge in [-0.05, 0) is 42.8 Å². The molecule has 2 aromatic carbocycles. The largest absolute Gasteiger partial charge is 0.329 e. The molecule has 2 heterocycles. The number of hydrogen-bond donors (Lipinski definition) is 2. The summed E-state index contributed by atoms with van der Waals surface area (Å²) >= 11 is 6.38. The molecule has 4 amide bonds. The van der Waals surface area contributed by atoms with Crippen molar-refractivity contribution < 1.29 is 14.4 Å². The van der Waals surface area contributed by atoms with Gasteiger partial charge in [-0.15, -0.1) is 0 Å². The zero-order valence-corrected chi connectivity index (χ0v) is 17.4. The highest BCUT2D eigenvalue weighted by Gasteiger charge is 2.48. The van der Waals surface area contributed by atoms with Crippen molar-refractivity contribution in [1.29, 1.82) is 0 Å². The van der Waals surface area contributed by atoms with Gasteiger partial charge >= 0.3 is 6.03 Å². The Kier molecular flexibility index (Phi) is 5.44. The van der Waals surface area contributed by atoms with E-state index in [9.17, 15) is 14.4 Å². The van der Waals surface area contributed by atoms with Crippen LogP contribution in [0.4, 0.5) is 16.2 Å². The number of imide groups is 1. The number of aromatic nitrogens is 1. The van der Waals surface area contributed by atoms with Crippen LogP contribution in [-0.2, 0) is 11.2 Å². The molecule has 1 saturated heterocycles. The summed E-state index contributed by atoms with van der Waals surface area (Å²) in [6.45, 7) is 1.69. The molecule has 1 aliphatic rings. The van der Waals surface area contributed by atoms with E-state index < -0.39 is 23.4 Å². The molecule has 8 heteroatoms. The molecule has 156 valence electrons. The maximum atomic E-state index is 13.1. The predicted octanol–water partition coefficient (Wildman–Crippen LogP) is 4.04. The number of nitrogens with one attached hydrogen (secondary N) is 2. The lowest BCUT2D eigenvalue weighted by Crippen LogP contribution is -2.46. The molecule has 3 aromatic rings. The van der Waals surface area contributed by atoms with Crippen LogP contribution < -0.4 is 15.5 Å². The van der Waals surface area contributed by atoms with Crippen LogP contribution in [0.3, 0.4) is 0 Å². The quantitative estimate of drug-likeness (QED) is 0.593. The predicted molar refractivity (Wildman–Crippen MR) is 118 cm³/mol. The first-order chi connectivity index (χ1) is 14.9. The number of hydrogen-bond acceptors (Lipinski definition) is 4. The third-order valence-electron chi connectivity index (χ3n) is 5.01. The van der Waals surface area contributed by atoms with E-state index in [0.29, 0.717) is 12.1 Å². The number of carbonyl (C=O) groups is 3. The van der Waals surface area contributed by atoms with Crippen LogP contribution >= 0.6 is 11.6 Å². The summed E-state index contributed by atoms with van der Waals surface area (Å²) in [6, 6.07) is 18.5. The highest BCUT2D eigenvalue weighted by atomic mass is 35.5. The Balaban J connectivity index is 1.54. The van der Waals surface area contributed by atoms with Crippen LogP contribution in [0.25, 0.3) is 0 Å². The molecule has 0 unspecified atom stereocenters. The number of urea groups is 1. The van der Waals surface area contributed by atoms with Gasteiger partial charge in [0.1, 0.15) is 11.2 Å². The lowest BCUT2D eigenvalue weighted by molar-refractivity contribution is -0.121. The zero-order valence-electron chi connectivity index (χ0n) is 16.6. The van der Waals surface area contributed by atoms with Gasteiger partial charge in [0.05, 0.1) is 10.7 Å². The van der Waals surface area contributed by atoms with Crippen molar-refractivity contribution in [2.24, 2.45) is 0 Å². The van der Waals surface area contributed by atoms with E-state index in [2.05, 4.69) is 15.6 Å². The summed E-state index contributed by atoms with van der Waals surface area (Å²) in [6.07, 6.45) is 1.87. The molecule has 0 aliphatic carbocycles. The van der Waals surface area contributed by atoms with E-state index >= 15 is 0 Å². The summed E-state index contributed by atoms with van der Waals surface area (Å²) in [4.78, 5) is 43.1. The smallest absolute Gasteiger partial charge is 0.323 e. The van der Waals surface area contributed by atoms with Crippen molar-refractivity contribution >= 4 is 40.8 Å². The summed E-state index contributed by atoms with van der Waals surface area (Å²) in [5, 5.41) is 5.63. The number of nitrogens with zero attached hydrogens (tertiary/aromatic N) is 2. The minimum atomic E-state index is -1.09. The first kappa shape index (κ1) is 20.6. The van der Waals surface area contributed by atoms with Crippen molar-refractivity contribution in [3.8, 4) is 0 Å². The van der Waals surface area contributed by atoms with Crippen LogP contribution in [0.1, 0.15) is 23.0 Å². The maximum absolute atomic E-state index is 13.1. The monoisotopic (exact) mass is 434 g/mol. The fourth-order valence-electron chi connectivity index (χ4n) is 3.49. The Morgan fingerprint density at radius 2 is 1.84 bits per heavy atom. The van der Waals surface area contributed by atoms with E-state index in [4.69, 9.17) is 11.6 Å². The van der Waals surface area contributed by atoms with Crippen LogP contribution in [-0.4, -0.2) is 28.4 Å². The van der Waals surface area contributed by atoms with Gasteiger partial charge in [0.15, 0.2) is 0 Å². The molecular formula is C23H19ClN4O3. The van der Waals surface area contributed by atoms with E-state index in [1.807, 2.05) is 30.3 Å². The molecule has 1 aromatic heterocycles. The van der Waals surface area contributed by atoms with Gasteiger partial charge in [-0.1, -0.05) is 48.0 Å². The number of pyridine rings is 1. The zero-order chi connectivity index (χ0) is 22.0. The number of anilines is 2. The maximum Gasteiger partial charge on any atom is 0.329 e. The number of halogens is 1. The summed E-state index contributed by atoms with van der Waals surface area (Å²) in [5.41, 5.74) is 0.765. The Bertz CT molecular complexity index is 1150. The Labute approximate surface area is 184 Å². The molecule has 0 radical (unpaired) electrons. The normalized spacial score (nSPS) is 18.1. The highest BCUT2D eigenvalue weighted by molar-refractivity contribution is 6.36. The van der Waals surface area contributed by atoms with Gasteiger partial charge in [-0.25, -0.2) is 9.69 Å². The van der Waals surface area contributed by atoms with Crippen molar-refractivity contribution in [2.75, 3.05) is 10.2 Å². The number of amides is 4. The topological polar surface area (TPSA) is 91.4 Å². The fourth-order valence-corrected chi connectivity index (χ4v) is 3.75. The van der Waals surface area contributed by atoms with Crippen LogP contribution in [0.5, 0.6) is 0 Å². The summed E-state index contributed by atoms with van der Waals surface area (Å²) in [7, 11) is 0. The van der Waals surface area contributed by atoms with Crippen LogP contribution in [0, 0.1) is 0 Å². The molecule has 31 heavy (non-hydrogen) atoms. The molecule has 1 atom stereocenters.